The Bertz CT molecular complexity index is 486. The van der Waals surface area contributed by atoms with Crippen molar-refractivity contribution in [1.82, 2.24) is 10.6 Å². The second-order valence-corrected chi connectivity index (χ2v) is 9.03. The summed E-state index contributed by atoms with van der Waals surface area (Å²) in [5, 5.41) is 5.43. The SMILES string of the molecule is COC(=O)C1CSSC[C@@H](C(=O)OC)NC(=O)CCCCCCCCC(=O)N1. The van der Waals surface area contributed by atoms with Crippen LogP contribution in [0.1, 0.15) is 51.4 Å². The van der Waals surface area contributed by atoms with Crippen molar-refractivity contribution in [3.63, 3.8) is 0 Å². The van der Waals surface area contributed by atoms with Gasteiger partial charge in [0.15, 0.2) is 0 Å². The second-order valence-electron chi connectivity index (χ2n) is 6.48. The molecule has 1 fully saturated rings. The Hall–Kier alpha value is -1.42. The molecular formula is C18H30N2O6S2. The van der Waals surface area contributed by atoms with E-state index in [9.17, 15) is 19.2 Å². The lowest BCUT2D eigenvalue weighted by molar-refractivity contribution is -0.144. The summed E-state index contributed by atoms with van der Waals surface area (Å²) in [7, 11) is 5.21. The molecule has 0 bridgehead atoms. The van der Waals surface area contributed by atoms with Crippen LogP contribution in [0.4, 0.5) is 0 Å². The number of ether oxygens (including phenoxy) is 2. The number of carbonyl (C=O) groups is 4. The van der Waals surface area contributed by atoms with Crippen molar-refractivity contribution in [2.24, 2.45) is 0 Å². The Balaban J connectivity index is 2.70. The van der Waals surface area contributed by atoms with Crippen LogP contribution in [0.25, 0.3) is 0 Å². The molecule has 0 saturated carbocycles. The lowest BCUT2D eigenvalue weighted by Gasteiger charge is -2.18. The van der Waals surface area contributed by atoms with Crippen molar-refractivity contribution >= 4 is 45.3 Å². The highest BCUT2D eigenvalue weighted by Gasteiger charge is 2.24. The summed E-state index contributed by atoms with van der Waals surface area (Å²) in [6.45, 7) is 0. The van der Waals surface area contributed by atoms with Gasteiger partial charge in [-0.05, 0) is 12.8 Å². The molecule has 0 aromatic rings. The predicted molar refractivity (Wildman–Crippen MR) is 110 cm³/mol. The van der Waals surface area contributed by atoms with Crippen molar-refractivity contribution in [3.05, 3.63) is 0 Å². The Morgan fingerprint density at radius 3 is 1.46 bits per heavy atom. The van der Waals surface area contributed by atoms with Crippen LogP contribution < -0.4 is 10.6 Å². The van der Waals surface area contributed by atoms with E-state index < -0.39 is 24.0 Å². The van der Waals surface area contributed by atoms with Crippen LogP contribution in [-0.4, -0.2) is 61.6 Å². The topological polar surface area (TPSA) is 111 Å². The van der Waals surface area contributed by atoms with Gasteiger partial charge in [0.2, 0.25) is 11.8 Å². The summed E-state index contributed by atoms with van der Waals surface area (Å²) in [5.74, 6) is -0.749. The lowest BCUT2D eigenvalue weighted by Crippen LogP contribution is -2.44. The average Bonchev–Trinajstić information content (AvgIpc) is 2.69. The van der Waals surface area contributed by atoms with Crippen LogP contribution in [-0.2, 0) is 28.7 Å². The Morgan fingerprint density at radius 1 is 0.750 bits per heavy atom. The fourth-order valence-corrected chi connectivity index (χ4v) is 4.96. The van der Waals surface area contributed by atoms with E-state index in [2.05, 4.69) is 10.6 Å². The molecule has 0 radical (unpaired) electrons. The van der Waals surface area contributed by atoms with Crippen molar-refractivity contribution in [3.8, 4) is 0 Å². The van der Waals surface area contributed by atoms with Crippen LogP contribution >= 0.6 is 21.6 Å². The van der Waals surface area contributed by atoms with Gasteiger partial charge in [0, 0.05) is 24.3 Å². The third-order valence-corrected chi connectivity index (χ3v) is 6.67. The summed E-state index contributed by atoms with van der Waals surface area (Å²) in [6.07, 6.45) is 6.12. The maximum absolute atomic E-state index is 12.1. The number of hydrogen-bond acceptors (Lipinski definition) is 8. The molecule has 10 heteroatoms. The molecule has 160 valence electrons. The summed E-state index contributed by atoms with van der Waals surface area (Å²) in [5.41, 5.74) is 0. The van der Waals surface area contributed by atoms with Crippen LogP contribution in [0.3, 0.4) is 0 Å². The third-order valence-electron chi connectivity index (χ3n) is 4.25. The molecule has 0 aromatic heterocycles. The zero-order valence-corrected chi connectivity index (χ0v) is 18.1. The minimum Gasteiger partial charge on any atom is -0.467 e. The first-order chi connectivity index (χ1) is 13.5. The van der Waals surface area contributed by atoms with E-state index >= 15 is 0 Å². The van der Waals surface area contributed by atoms with E-state index in [1.54, 1.807) is 0 Å². The molecule has 1 rings (SSSR count). The van der Waals surface area contributed by atoms with Gasteiger partial charge in [-0.3, -0.25) is 9.59 Å². The Morgan fingerprint density at radius 2 is 1.11 bits per heavy atom. The number of amides is 2. The van der Waals surface area contributed by atoms with E-state index in [0.717, 1.165) is 38.5 Å². The van der Waals surface area contributed by atoms with Gasteiger partial charge in [0.25, 0.3) is 0 Å². The largest absolute Gasteiger partial charge is 0.467 e. The molecule has 1 unspecified atom stereocenters. The number of nitrogens with one attached hydrogen (secondary N) is 2. The van der Waals surface area contributed by atoms with E-state index in [1.165, 1.54) is 35.8 Å². The van der Waals surface area contributed by atoms with Crippen LogP contribution in [0.2, 0.25) is 0 Å². The maximum Gasteiger partial charge on any atom is 0.329 e. The smallest absolute Gasteiger partial charge is 0.329 e. The van der Waals surface area contributed by atoms with Crippen molar-refractivity contribution < 1.29 is 28.7 Å². The van der Waals surface area contributed by atoms with Crippen molar-refractivity contribution in [1.29, 1.82) is 0 Å². The highest BCUT2D eigenvalue weighted by atomic mass is 33.1. The molecule has 0 aromatic carbocycles. The summed E-state index contributed by atoms with van der Waals surface area (Å²) < 4.78 is 9.51. The number of hydrogen-bond donors (Lipinski definition) is 2. The van der Waals surface area contributed by atoms with Gasteiger partial charge >= 0.3 is 11.9 Å². The highest BCUT2D eigenvalue weighted by molar-refractivity contribution is 8.76. The molecule has 1 heterocycles. The molecule has 28 heavy (non-hydrogen) atoms. The summed E-state index contributed by atoms with van der Waals surface area (Å²) in [6, 6.07) is -1.50. The van der Waals surface area contributed by atoms with E-state index in [4.69, 9.17) is 9.47 Å². The fraction of sp³-hybridized carbons (Fsp3) is 0.778. The van der Waals surface area contributed by atoms with Crippen LogP contribution in [0.15, 0.2) is 0 Å². The molecule has 2 amide bonds. The van der Waals surface area contributed by atoms with Gasteiger partial charge in [0.1, 0.15) is 12.1 Å². The molecule has 1 aliphatic heterocycles. The molecule has 1 saturated heterocycles. The fourth-order valence-electron chi connectivity index (χ4n) is 2.67. The van der Waals surface area contributed by atoms with Crippen LogP contribution in [0.5, 0.6) is 0 Å². The van der Waals surface area contributed by atoms with Gasteiger partial charge in [0.05, 0.1) is 14.2 Å². The molecule has 1 aliphatic rings. The minimum absolute atomic E-state index is 0.165. The quantitative estimate of drug-likeness (QED) is 0.500. The first kappa shape index (κ1) is 24.6. The Kier molecular flexibility index (Phi) is 12.8. The highest BCUT2D eigenvalue weighted by Crippen LogP contribution is 2.24. The third kappa shape index (κ3) is 10.2. The van der Waals surface area contributed by atoms with E-state index in [0.29, 0.717) is 24.3 Å². The molecule has 2 N–H and O–H groups in total. The van der Waals surface area contributed by atoms with Gasteiger partial charge in [-0.25, -0.2) is 9.59 Å². The standard InChI is InChI=1S/C18H30N2O6S2/c1-25-17(23)13-11-27-28-12-14(18(24)26-2)20-16(22)10-8-6-4-3-5-7-9-15(21)19-13/h13-14H,3-12H2,1-2H3,(H,19,21)(H,20,22)/t13-,14?/m0/s1. The van der Waals surface area contributed by atoms with E-state index in [-0.39, 0.29) is 11.8 Å². The first-order valence-corrected chi connectivity index (χ1v) is 12.0. The maximum atomic E-state index is 12.1. The number of carbonyl (C=O) groups excluding carboxylic acids is 4. The van der Waals surface area contributed by atoms with Gasteiger partial charge in [-0.2, -0.15) is 0 Å². The molecule has 2 atom stereocenters. The molecular weight excluding hydrogens is 404 g/mol. The summed E-state index contributed by atoms with van der Waals surface area (Å²) in [4.78, 5) is 48.0. The molecule has 0 spiro atoms. The zero-order chi connectivity index (χ0) is 20.8. The van der Waals surface area contributed by atoms with Gasteiger partial charge in [-0.1, -0.05) is 47.3 Å². The molecule has 0 aliphatic carbocycles. The predicted octanol–water partition coefficient (Wildman–Crippen LogP) is 1.82. The van der Waals surface area contributed by atoms with Gasteiger partial charge < -0.3 is 20.1 Å². The van der Waals surface area contributed by atoms with Gasteiger partial charge in [-0.15, -0.1) is 0 Å². The average molecular weight is 435 g/mol. The zero-order valence-electron chi connectivity index (χ0n) is 16.5. The number of esters is 2. The van der Waals surface area contributed by atoms with Crippen molar-refractivity contribution in [2.45, 2.75) is 63.5 Å². The molecule has 8 nitrogen and oxygen atoms in total. The van der Waals surface area contributed by atoms with Crippen LogP contribution in [0, 0.1) is 0 Å². The lowest BCUT2D eigenvalue weighted by atomic mass is 10.1. The van der Waals surface area contributed by atoms with Crippen molar-refractivity contribution in [2.75, 3.05) is 25.7 Å². The van der Waals surface area contributed by atoms with E-state index in [1.807, 2.05) is 0 Å². The normalized spacial score (nSPS) is 24.1. The monoisotopic (exact) mass is 434 g/mol. The minimum atomic E-state index is -0.750. The first-order valence-electron chi connectivity index (χ1n) is 9.46. The second kappa shape index (κ2) is 14.6. The number of rotatable bonds is 2. The number of methoxy groups -OCH3 is 2. The Labute approximate surface area is 174 Å². The summed E-state index contributed by atoms with van der Waals surface area (Å²) >= 11 is 0.